The number of ether oxygens (including phenoxy) is 1. The Labute approximate surface area is 192 Å². The fraction of sp³-hybridized carbons (Fsp3) is 0.200. The first kappa shape index (κ1) is 21.5. The molecule has 0 aliphatic heterocycles. The smallest absolute Gasteiger partial charge is 0.195 e. The average molecular weight is 448 g/mol. The van der Waals surface area contributed by atoms with Crippen LogP contribution in [0, 0.1) is 0 Å². The summed E-state index contributed by atoms with van der Waals surface area (Å²) in [5, 5.41) is 9.95. The fourth-order valence-electron chi connectivity index (χ4n) is 3.06. The van der Waals surface area contributed by atoms with Crippen LogP contribution < -0.4 is 4.74 Å². The van der Waals surface area contributed by atoms with E-state index in [4.69, 9.17) is 4.74 Å². The second kappa shape index (κ2) is 11.6. The fourth-order valence-corrected chi connectivity index (χ4v) is 4.86. The van der Waals surface area contributed by atoms with Crippen LogP contribution in [0.15, 0.2) is 101 Å². The molecule has 0 fully saturated rings. The molecule has 0 amide bonds. The van der Waals surface area contributed by atoms with Gasteiger partial charge in [0.15, 0.2) is 5.16 Å². The maximum Gasteiger partial charge on any atom is 0.195 e. The summed E-state index contributed by atoms with van der Waals surface area (Å²) in [6, 6.07) is 30.7. The Hall–Kier alpha value is -2.70. The lowest BCUT2D eigenvalue weighted by Crippen LogP contribution is -2.02. The van der Waals surface area contributed by atoms with Gasteiger partial charge in [0.2, 0.25) is 0 Å². The quantitative estimate of drug-likeness (QED) is 0.194. The molecule has 0 aliphatic carbocycles. The number of aromatic nitrogens is 3. The first-order chi connectivity index (χ1) is 15.4. The molecule has 1 aromatic heterocycles. The molecule has 158 valence electrons. The molecule has 0 aliphatic rings. The standard InChI is InChI=1S/C25H25N3OS2/c1-4-12-21(13-5-1)28-24(20-31-23-16-8-3-9-17-23)26-27-25(28)30-19-11-10-18-29-22-14-6-2-7-15-22/h1-9,12-17H,10-11,18-20H2. The van der Waals surface area contributed by atoms with Crippen molar-refractivity contribution in [3.63, 3.8) is 0 Å². The third-order valence-electron chi connectivity index (χ3n) is 4.61. The van der Waals surface area contributed by atoms with E-state index in [2.05, 4.69) is 63.3 Å². The molecule has 0 radical (unpaired) electrons. The van der Waals surface area contributed by atoms with Crippen LogP contribution in [0.2, 0.25) is 0 Å². The van der Waals surface area contributed by atoms with Crippen molar-refractivity contribution in [2.45, 2.75) is 28.6 Å². The van der Waals surface area contributed by atoms with Crippen molar-refractivity contribution in [2.24, 2.45) is 0 Å². The summed E-state index contributed by atoms with van der Waals surface area (Å²) < 4.78 is 7.97. The van der Waals surface area contributed by atoms with Crippen LogP contribution in [0.3, 0.4) is 0 Å². The van der Waals surface area contributed by atoms with Gasteiger partial charge in [-0.1, -0.05) is 66.4 Å². The normalized spacial score (nSPS) is 10.8. The minimum atomic E-state index is 0.731. The molecule has 0 saturated carbocycles. The van der Waals surface area contributed by atoms with E-state index in [9.17, 15) is 0 Å². The van der Waals surface area contributed by atoms with Crippen LogP contribution in [0.25, 0.3) is 5.69 Å². The summed E-state index contributed by atoms with van der Waals surface area (Å²) in [4.78, 5) is 1.23. The highest BCUT2D eigenvalue weighted by Gasteiger charge is 2.14. The van der Waals surface area contributed by atoms with Gasteiger partial charge >= 0.3 is 0 Å². The lowest BCUT2D eigenvalue weighted by atomic mass is 10.3. The minimum absolute atomic E-state index is 0.731. The lowest BCUT2D eigenvalue weighted by Gasteiger charge is -2.10. The predicted molar refractivity (Wildman–Crippen MR) is 129 cm³/mol. The van der Waals surface area contributed by atoms with E-state index in [1.807, 2.05) is 42.5 Å². The predicted octanol–water partition coefficient (Wildman–Crippen LogP) is 6.51. The van der Waals surface area contributed by atoms with Gasteiger partial charge in [0.25, 0.3) is 0 Å². The second-order valence-electron chi connectivity index (χ2n) is 6.89. The number of hydrogen-bond donors (Lipinski definition) is 0. The largest absolute Gasteiger partial charge is 0.494 e. The van der Waals surface area contributed by atoms with Gasteiger partial charge < -0.3 is 4.74 Å². The average Bonchev–Trinajstić information content (AvgIpc) is 3.24. The van der Waals surface area contributed by atoms with Crippen LogP contribution in [0.5, 0.6) is 5.75 Å². The zero-order chi connectivity index (χ0) is 21.1. The molecule has 0 saturated heterocycles. The molecule has 4 rings (SSSR count). The number of thioether (sulfide) groups is 2. The van der Waals surface area contributed by atoms with Crippen molar-refractivity contribution in [2.75, 3.05) is 12.4 Å². The van der Waals surface area contributed by atoms with Gasteiger partial charge in [0.05, 0.1) is 12.4 Å². The van der Waals surface area contributed by atoms with E-state index in [1.54, 1.807) is 23.5 Å². The van der Waals surface area contributed by atoms with Crippen molar-refractivity contribution < 1.29 is 4.74 Å². The Morgan fingerprint density at radius 2 is 1.39 bits per heavy atom. The summed E-state index contributed by atoms with van der Waals surface area (Å²) in [5.41, 5.74) is 1.10. The van der Waals surface area contributed by atoms with E-state index in [0.717, 1.165) is 53.4 Å². The van der Waals surface area contributed by atoms with E-state index in [-0.39, 0.29) is 0 Å². The van der Waals surface area contributed by atoms with E-state index >= 15 is 0 Å². The Bertz CT molecular complexity index is 1040. The van der Waals surface area contributed by atoms with Gasteiger partial charge in [-0.25, -0.2) is 0 Å². The minimum Gasteiger partial charge on any atom is -0.494 e. The van der Waals surface area contributed by atoms with E-state index in [0.29, 0.717) is 0 Å². The molecular formula is C25H25N3OS2. The maximum absolute atomic E-state index is 5.78. The molecule has 0 atom stereocenters. The summed E-state index contributed by atoms with van der Waals surface area (Å²) in [7, 11) is 0. The molecule has 0 spiro atoms. The van der Waals surface area contributed by atoms with Gasteiger partial charge in [-0.2, -0.15) is 0 Å². The highest BCUT2D eigenvalue weighted by Crippen LogP contribution is 2.27. The Balaban J connectivity index is 1.35. The first-order valence-corrected chi connectivity index (χ1v) is 12.4. The molecule has 0 N–H and O–H groups in total. The lowest BCUT2D eigenvalue weighted by molar-refractivity contribution is 0.310. The van der Waals surface area contributed by atoms with Crippen molar-refractivity contribution in [3.8, 4) is 11.4 Å². The maximum atomic E-state index is 5.78. The van der Waals surface area contributed by atoms with E-state index < -0.39 is 0 Å². The highest BCUT2D eigenvalue weighted by atomic mass is 32.2. The Morgan fingerprint density at radius 3 is 2.13 bits per heavy atom. The summed E-state index contributed by atoms with van der Waals surface area (Å²) in [5.74, 6) is 3.65. The topological polar surface area (TPSA) is 39.9 Å². The third kappa shape index (κ3) is 6.39. The van der Waals surface area contributed by atoms with Gasteiger partial charge in [-0.15, -0.1) is 22.0 Å². The summed E-state index contributed by atoms with van der Waals surface area (Å²) in [6.45, 7) is 0.731. The SMILES string of the molecule is c1ccc(OCCCCSc2nnc(CSc3ccccc3)n2-c2ccccc2)cc1. The van der Waals surface area contributed by atoms with E-state index in [1.165, 1.54) is 4.90 Å². The molecule has 1 heterocycles. The van der Waals surface area contributed by atoms with Crippen molar-refractivity contribution >= 4 is 23.5 Å². The molecule has 0 bridgehead atoms. The summed E-state index contributed by atoms with van der Waals surface area (Å²) >= 11 is 3.53. The van der Waals surface area contributed by atoms with Crippen LogP contribution >= 0.6 is 23.5 Å². The van der Waals surface area contributed by atoms with Crippen molar-refractivity contribution in [1.29, 1.82) is 0 Å². The number of nitrogens with zero attached hydrogens (tertiary/aromatic N) is 3. The molecule has 4 nitrogen and oxygen atoms in total. The zero-order valence-electron chi connectivity index (χ0n) is 17.3. The van der Waals surface area contributed by atoms with Gasteiger partial charge in [0.1, 0.15) is 11.6 Å². The van der Waals surface area contributed by atoms with Crippen LogP contribution in [0.4, 0.5) is 0 Å². The number of rotatable bonds is 11. The van der Waals surface area contributed by atoms with Crippen LogP contribution in [0.1, 0.15) is 18.7 Å². The molecule has 6 heteroatoms. The van der Waals surface area contributed by atoms with Gasteiger partial charge in [-0.05, 0) is 49.2 Å². The third-order valence-corrected chi connectivity index (χ3v) is 6.63. The Morgan fingerprint density at radius 1 is 0.710 bits per heavy atom. The van der Waals surface area contributed by atoms with Gasteiger partial charge in [-0.3, -0.25) is 4.57 Å². The van der Waals surface area contributed by atoms with Crippen molar-refractivity contribution in [1.82, 2.24) is 14.8 Å². The number of benzene rings is 3. The van der Waals surface area contributed by atoms with Gasteiger partial charge in [0, 0.05) is 16.3 Å². The summed E-state index contributed by atoms with van der Waals surface area (Å²) in [6.07, 6.45) is 2.07. The molecular weight excluding hydrogens is 422 g/mol. The second-order valence-corrected chi connectivity index (χ2v) is 9.00. The number of para-hydroxylation sites is 2. The molecule has 4 aromatic rings. The number of unbranched alkanes of at least 4 members (excludes halogenated alkanes) is 1. The molecule has 31 heavy (non-hydrogen) atoms. The van der Waals surface area contributed by atoms with Crippen molar-refractivity contribution in [3.05, 3.63) is 96.8 Å². The van der Waals surface area contributed by atoms with Crippen LogP contribution in [-0.2, 0) is 5.75 Å². The van der Waals surface area contributed by atoms with Crippen LogP contribution in [-0.4, -0.2) is 27.1 Å². The Kier molecular flexibility index (Phi) is 8.07. The first-order valence-electron chi connectivity index (χ1n) is 10.4. The molecule has 3 aromatic carbocycles. The monoisotopic (exact) mass is 447 g/mol. The number of hydrogen-bond acceptors (Lipinski definition) is 5. The zero-order valence-corrected chi connectivity index (χ0v) is 18.9. The highest BCUT2D eigenvalue weighted by molar-refractivity contribution is 7.99. The molecule has 0 unspecified atom stereocenters.